The number of hydrogen-bond donors (Lipinski definition) is 1. The summed E-state index contributed by atoms with van der Waals surface area (Å²) in [7, 11) is 0. The Balaban J connectivity index is 1.62. The van der Waals surface area contributed by atoms with E-state index in [2.05, 4.69) is 5.32 Å². The number of ether oxygens (including phenoxy) is 1. The molecule has 3 rings (SSSR count). The number of carbonyl (C=O) groups is 4. The summed E-state index contributed by atoms with van der Waals surface area (Å²) in [6.45, 7) is 12.3. The molecule has 168 valence electrons. The quantitative estimate of drug-likeness (QED) is 0.690. The van der Waals surface area contributed by atoms with Gasteiger partial charge in [-0.25, -0.2) is 9.59 Å². The van der Waals surface area contributed by atoms with Crippen LogP contribution in [-0.4, -0.2) is 76.0 Å². The highest BCUT2D eigenvalue weighted by Crippen LogP contribution is 2.31. The second-order valence-electron chi connectivity index (χ2n) is 9.76. The lowest BCUT2D eigenvalue weighted by atomic mass is 10.1. The summed E-state index contributed by atoms with van der Waals surface area (Å²) in [5, 5.41) is 2.78. The first-order valence-corrected chi connectivity index (χ1v) is 10.3. The van der Waals surface area contributed by atoms with Gasteiger partial charge in [-0.2, -0.15) is 0 Å². The Morgan fingerprint density at radius 3 is 1.97 bits per heavy atom. The third-order valence-corrected chi connectivity index (χ3v) is 5.03. The van der Waals surface area contributed by atoms with Crippen molar-refractivity contribution in [3.05, 3.63) is 29.3 Å². The van der Waals surface area contributed by atoms with Crippen LogP contribution in [0.3, 0.4) is 0 Å². The van der Waals surface area contributed by atoms with Crippen LogP contribution in [0, 0.1) is 0 Å². The van der Waals surface area contributed by atoms with Crippen molar-refractivity contribution in [1.29, 1.82) is 0 Å². The molecule has 2 aliphatic heterocycles. The summed E-state index contributed by atoms with van der Waals surface area (Å²) in [6, 6.07) is 4.40. The number of benzene rings is 1. The first-order chi connectivity index (χ1) is 14.3. The summed E-state index contributed by atoms with van der Waals surface area (Å²) in [5.41, 5.74) is -0.142. The fraction of sp³-hybridized carbons (Fsp3) is 0.545. The number of piperazine rings is 1. The Labute approximate surface area is 182 Å². The van der Waals surface area contributed by atoms with Crippen LogP contribution in [-0.2, 0) is 4.74 Å². The Morgan fingerprint density at radius 2 is 1.42 bits per heavy atom. The molecule has 0 spiro atoms. The molecular weight excluding hydrogens is 400 g/mol. The predicted octanol–water partition coefficient (Wildman–Crippen LogP) is 3.17. The van der Waals surface area contributed by atoms with E-state index in [0.717, 1.165) is 0 Å². The van der Waals surface area contributed by atoms with E-state index in [-0.39, 0.29) is 23.4 Å². The van der Waals surface area contributed by atoms with Crippen molar-refractivity contribution in [3.8, 4) is 0 Å². The number of hydrogen-bond acceptors (Lipinski definition) is 5. The summed E-state index contributed by atoms with van der Waals surface area (Å²) in [4.78, 5) is 54.5. The van der Waals surface area contributed by atoms with Crippen molar-refractivity contribution in [1.82, 2.24) is 14.7 Å². The predicted molar refractivity (Wildman–Crippen MR) is 115 cm³/mol. The standard InChI is InChI=1S/C22H30N4O5/c1-21(2,3)26-17(27)15-8-7-14(13-16(15)18(26)28)23-19(29)24-9-11-25(12-10-24)20(30)31-22(4,5)6/h7-8,13H,9-12H2,1-6H3,(H,23,29). The average molecular weight is 431 g/mol. The van der Waals surface area contributed by atoms with Crippen LogP contribution in [0.15, 0.2) is 18.2 Å². The number of anilines is 1. The molecule has 0 aromatic heterocycles. The van der Waals surface area contributed by atoms with Gasteiger partial charge in [0.25, 0.3) is 11.8 Å². The molecule has 0 aliphatic carbocycles. The maximum Gasteiger partial charge on any atom is 0.410 e. The van der Waals surface area contributed by atoms with Crippen molar-refractivity contribution in [2.75, 3.05) is 31.5 Å². The molecule has 2 aliphatic rings. The van der Waals surface area contributed by atoms with Gasteiger partial charge in [-0.1, -0.05) is 0 Å². The summed E-state index contributed by atoms with van der Waals surface area (Å²) in [5.74, 6) is -0.696. The topological polar surface area (TPSA) is 99.3 Å². The number of amides is 5. The van der Waals surface area contributed by atoms with E-state index in [1.807, 2.05) is 20.8 Å². The smallest absolute Gasteiger partial charge is 0.410 e. The fourth-order valence-corrected chi connectivity index (χ4v) is 3.55. The molecule has 1 aromatic rings. The highest BCUT2D eigenvalue weighted by molar-refractivity contribution is 6.22. The van der Waals surface area contributed by atoms with Crippen molar-refractivity contribution in [2.24, 2.45) is 0 Å². The highest BCUT2D eigenvalue weighted by Gasteiger charge is 2.42. The molecule has 2 heterocycles. The lowest BCUT2D eigenvalue weighted by Crippen LogP contribution is -2.52. The zero-order valence-corrected chi connectivity index (χ0v) is 18.9. The molecule has 31 heavy (non-hydrogen) atoms. The first-order valence-electron chi connectivity index (χ1n) is 10.3. The Hall–Kier alpha value is -3.10. The van der Waals surface area contributed by atoms with Gasteiger partial charge in [0, 0.05) is 37.4 Å². The number of nitrogens with one attached hydrogen (secondary N) is 1. The maximum atomic E-state index is 12.7. The Kier molecular flexibility index (Phi) is 5.73. The monoisotopic (exact) mass is 430 g/mol. The number of imide groups is 1. The maximum absolute atomic E-state index is 12.7. The van der Waals surface area contributed by atoms with Crippen LogP contribution in [0.4, 0.5) is 15.3 Å². The van der Waals surface area contributed by atoms with Crippen LogP contribution in [0.25, 0.3) is 0 Å². The van der Waals surface area contributed by atoms with Gasteiger partial charge in [0.1, 0.15) is 5.60 Å². The molecule has 9 nitrogen and oxygen atoms in total. The molecule has 0 radical (unpaired) electrons. The van der Waals surface area contributed by atoms with Crippen molar-refractivity contribution in [2.45, 2.75) is 52.7 Å². The molecule has 5 amide bonds. The second kappa shape index (κ2) is 7.86. The van der Waals surface area contributed by atoms with E-state index >= 15 is 0 Å². The van der Waals surface area contributed by atoms with Gasteiger partial charge < -0.3 is 19.9 Å². The van der Waals surface area contributed by atoms with Gasteiger partial charge >= 0.3 is 12.1 Å². The lowest BCUT2D eigenvalue weighted by Gasteiger charge is -2.35. The summed E-state index contributed by atoms with van der Waals surface area (Å²) in [6.07, 6.45) is -0.391. The average Bonchev–Trinajstić information content (AvgIpc) is 2.90. The number of urea groups is 1. The Bertz CT molecular complexity index is 921. The minimum absolute atomic E-state index is 0.285. The molecule has 0 bridgehead atoms. The molecule has 1 fully saturated rings. The van der Waals surface area contributed by atoms with Gasteiger partial charge in [0.15, 0.2) is 0 Å². The zero-order chi connectivity index (χ0) is 23.1. The number of nitrogens with zero attached hydrogens (tertiary/aromatic N) is 3. The normalized spacial score (nSPS) is 17.0. The third kappa shape index (κ3) is 4.81. The van der Waals surface area contributed by atoms with E-state index in [0.29, 0.717) is 37.4 Å². The Morgan fingerprint density at radius 1 is 0.871 bits per heavy atom. The van der Waals surface area contributed by atoms with Crippen molar-refractivity contribution in [3.63, 3.8) is 0 Å². The lowest BCUT2D eigenvalue weighted by molar-refractivity contribution is 0.0173. The minimum atomic E-state index is -0.635. The summed E-state index contributed by atoms with van der Waals surface area (Å²) >= 11 is 0. The molecule has 1 aromatic carbocycles. The zero-order valence-electron chi connectivity index (χ0n) is 18.9. The van der Waals surface area contributed by atoms with Crippen molar-refractivity contribution >= 4 is 29.6 Å². The first kappa shape index (κ1) is 22.6. The van der Waals surface area contributed by atoms with E-state index in [9.17, 15) is 19.2 Å². The largest absolute Gasteiger partial charge is 0.444 e. The molecule has 0 saturated carbocycles. The van der Waals surface area contributed by atoms with E-state index in [4.69, 9.17) is 4.74 Å². The molecule has 0 atom stereocenters. The molecular formula is C22H30N4O5. The number of carbonyl (C=O) groups excluding carboxylic acids is 4. The number of fused-ring (bicyclic) bond motifs is 1. The van der Waals surface area contributed by atoms with E-state index < -0.39 is 17.2 Å². The SMILES string of the molecule is CC(C)(C)OC(=O)N1CCN(C(=O)Nc2ccc3c(c2)C(=O)N(C(C)(C)C)C3=O)CC1. The highest BCUT2D eigenvalue weighted by atomic mass is 16.6. The molecule has 1 saturated heterocycles. The van der Waals surface area contributed by atoms with Gasteiger partial charge in [-0.3, -0.25) is 14.5 Å². The van der Waals surface area contributed by atoms with Crippen LogP contribution in [0.2, 0.25) is 0 Å². The fourth-order valence-electron chi connectivity index (χ4n) is 3.55. The number of rotatable bonds is 1. The molecule has 9 heteroatoms. The second-order valence-corrected chi connectivity index (χ2v) is 9.76. The summed E-state index contributed by atoms with van der Waals surface area (Å²) < 4.78 is 5.37. The molecule has 0 unspecified atom stereocenters. The van der Waals surface area contributed by atoms with Gasteiger partial charge in [0.05, 0.1) is 11.1 Å². The van der Waals surface area contributed by atoms with Crippen molar-refractivity contribution < 1.29 is 23.9 Å². The third-order valence-electron chi connectivity index (χ3n) is 5.03. The van der Waals surface area contributed by atoms with E-state index in [1.54, 1.807) is 42.7 Å². The molecule has 1 N–H and O–H groups in total. The van der Waals surface area contributed by atoms with Gasteiger partial charge in [-0.05, 0) is 59.7 Å². The van der Waals surface area contributed by atoms with Crippen LogP contribution in [0.1, 0.15) is 62.3 Å². The minimum Gasteiger partial charge on any atom is -0.444 e. The van der Waals surface area contributed by atoms with Crippen LogP contribution in [0.5, 0.6) is 0 Å². The van der Waals surface area contributed by atoms with E-state index in [1.165, 1.54) is 11.0 Å². The van der Waals surface area contributed by atoms with Gasteiger partial charge in [-0.15, -0.1) is 0 Å². The van der Waals surface area contributed by atoms with Crippen LogP contribution >= 0.6 is 0 Å². The van der Waals surface area contributed by atoms with Gasteiger partial charge in [0.2, 0.25) is 0 Å². The van der Waals surface area contributed by atoms with Crippen LogP contribution < -0.4 is 5.32 Å².